The van der Waals surface area contributed by atoms with Gasteiger partial charge in [-0.1, -0.05) is 0 Å². The highest BCUT2D eigenvalue weighted by Gasteiger charge is 2.42. The first-order chi connectivity index (χ1) is 6.75. The molecule has 0 saturated carbocycles. The van der Waals surface area contributed by atoms with Crippen LogP contribution in [0.15, 0.2) is 16.6 Å². The van der Waals surface area contributed by atoms with Crippen molar-refractivity contribution in [3.05, 3.63) is 33.8 Å². The molecule has 15 heavy (non-hydrogen) atoms. The van der Waals surface area contributed by atoms with Crippen molar-refractivity contribution in [3.63, 3.8) is 0 Å². The Bertz CT molecular complexity index is 376. The summed E-state index contributed by atoms with van der Waals surface area (Å²) in [7, 11) is 0. The molecule has 0 fully saturated rings. The van der Waals surface area contributed by atoms with Crippen LogP contribution in [-0.2, 0) is 0 Å². The SMILES string of the molecule is O[C@@H](c1c(F)ccc(Br)c1F)C(F)(F)F. The molecular weight excluding hydrogens is 287 g/mol. The Morgan fingerprint density at radius 3 is 2.20 bits per heavy atom. The first-order valence-electron chi connectivity index (χ1n) is 3.63. The van der Waals surface area contributed by atoms with Crippen LogP contribution >= 0.6 is 15.9 Å². The van der Waals surface area contributed by atoms with E-state index in [2.05, 4.69) is 15.9 Å². The normalized spacial score (nSPS) is 14.1. The Kier molecular flexibility index (Phi) is 3.34. The molecule has 1 nitrogen and oxygen atoms in total. The quantitative estimate of drug-likeness (QED) is 0.621. The summed E-state index contributed by atoms with van der Waals surface area (Å²) in [5.41, 5.74) is -1.41. The molecule has 0 aliphatic carbocycles. The molecule has 1 N–H and O–H groups in total. The van der Waals surface area contributed by atoms with E-state index in [1.165, 1.54) is 0 Å². The molecule has 1 aromatic rings. The number of benzene rings is 1. The molecular formula is C8H4BrF5O. The maximum atomic E-state index is 13.1. The van der Waals surface area contributed by atoms with Gasteiger partial charge in [0.1, 0.15) is 11.6 Å². The van der Waals surface area contributed by atoms with Gasteiger partial charge in [0.15, 0.2) is 6.10 Å². The Labute approximate surface area is 89.7 Å². The lowest BCUT2D eigenvalue weighted by atomic mass is 10.1. The van der Waals surface area contributed by atoms with Crippen molar-refractivity contribution >= 4 is 15.9 Å². The van der Waals surface area contributed by atoms with E-state index < -0.39 is 29.5 Å². The zero-order valence-corrected chi connectivity index (χ0v) is 8.53. The molecule has 1 aromatic carbocycles. The van der Waals surface area contributed by atoms with Crippen LogP contribution in [0.25, 0.3) is 0 Å². The lowest BCUT2D eigenvalue weighted by molar-refractivity contribution is -0.208. The Morgan fingerprint density at radius 2 is 1.73 bits per heavy atom. The number of aliphatic hydroxyl groups is 1. The highest BCUT2D eigenvalue weighted by molar-refractivity contribution is 9.10. The summed E-state index contributed by atoms with van der Waals surface area (Å²) in [6.07, 6.45) is -8.28. The molecule has 0 spiro atoms. The highest BCUT2D eigenvalue weighted by atomic mass is 79.9. The molecule has 0 bridgehead atoms. The van der Waals surface area contributed by atoms with Gasteiger partial charge in [-0.3, -0.25) is 0 Å². The third kappa shape index (κ3) is 2.46. The van der Waals surface area contributed by atoms with Gasteiger partial charge in [-0.25, -0.2) is 8.78 Å². The second-order valence-corrected chi connectivity index (χ2v) is 3.56. The highest BCUT2D eigenvalue weighted by Crippen LogP contribution is 2.36. The van der Waals surface area contributed by atoms with Gasteiger partial charge in [-0.05, 0) is 28.1 Å². The summed E-state index contributed by atoms with van der Waals surface area (Å²) in [4.78, 5) is 0. The minimum atomic E-state index is -5.11. The van der Waals surface area contributed by atoms with Gasteiger partial charge >= 0.3 is 6.18 Å². The van der Waals surface area contributed by atoms with Crippen LogP contribution in [0.5, 0.6) is 0 Å². The van der Waals surface area contributed by atoms with E-state index in [4.69, 9.17) is 5.11 Å². The largest absolute Gasteiger partial charge is 0.418 e. The Balaban J connectivity index is 3.31. The van der Waals surface area contributed by atoms with Gasteiger partial charge in [0.2, 0.25) is 0 Å². The van der Waals surface area contributed by atoms with Gasteiger partial charge in [0, 0.05) is 0 Å². The van der Waals surface area contributed by atoms with Crippen molar-refractivity contribution in [1.29, 1.82) is 0 Å². The zero-order valence-electron chi connectivity index (χ0n) is 6.95. The number of hydrogen-bond donors (Lipinski definition) is 1. The smallest absolute Gasteiger partial charge is 0.379 e. The summed E-state index contributed by atoms with van der Waals surface area (Å²) in [6.45, 7) is 0. The van der Waals surface area contributed by atoms with E-state index in [1.54, 1.807) is 0 Å². The third-order valence-corrected chi connectivity index (χ3v) is 2.28. The van der Waals surface area contributed by atoms with Crippen molar-refractivity contribution in [2.45, 2.75) is 12.3 Å². The zero-order chi connectivity index (χ0) is 11.8. The Hall–Kier alpha value is -0.690. The van der Waals surface area contributed by atoms with Crippen molar-refractivity contribution in [3.8, 4) is 0 Å². The van der Waals surface area contributed by atoms with Gasteiger partial charge in [-0.15, -0.1) is 0 Å². The van der Waals surface area contributed by atoms with Crippen LogP contribution in [0, 0.1) is 11.6 Å². The van der Waals surface area contributed by atoms with E-state index in [1.807, 2.05) is 0 Å². The predicted octanol–water partition coefficient (Wildman–Crippen LogP) is 3.32. The number of halogens is 6. The van der Waals surface area contributed by atoms with E-state index in [0.29, 0.717) is 6.07 Å². The van der Waals surface area contributed by atoms with E-state index in [-0.39, 0.29) is 4.47 Å². The minimum Gasteiger partial charge on any atom is -0.379 e. The van der Waals surface area contributed by atoms with E-state index in [0.717, 1.165) is 6.07 Å². The van der Waals surface area contributed by atoms with Crippen LogP contribution in [0.4, 0.5) is 22.0 Å². The lowest BCUT2D eigenvalue weighted by Gasteiger charge is -2.16. The van der Waals surface area contributed by atoms with Gasteiger partial charge < -0.3 is 5.11 Å². The fourth-order valence-corrected chi connectivity index (χ4v) is 1.30. The lowest BCUT2D eigenvalue weighted by Crippen LogP contribution is -2.22. The van der Waals surface area contributed by atoms with Gasteiger partial charge in [0.05, 0.1) is 10.0 Å². The molecule has 0 aliphatic heterocycles. The molecule has 1 rings (SSSR count). The number of aliphatic hydroxyl groups excluding tert-OH is 1. The fourth-order valence-electron chi connectivity index (χ4n) is 0.957. The molecule has 0 radical (unpaired) electrons. The first kappa shape index (κ1) is 12.4. The number of alkyl halides is 3. The average Bonchev–Trinajstić information content (AvgIpc) is 2.10. The topological polar surface area (TPSA) is 20.2 Å². The van der Waals surface area contributed by atoms with Crippen LogP contribution in [0.3, 0.4) is 0 Å². The van der Waals surface area contributed by atoms with Crippen LogP contribution in [-0.4, -0.2) is 11.3 Å². The molecule has 0 heterocycles. The van der Waals surface area contributed by atoms with Gasteiger partial charge in [0.25, 0.3) is 0 Å². The summed E-state index contributed by atoms with van der Waals surface area (Å²) in [5, 5.41) is 8.72. The molecule has 0 aliphatic rings. The van der Waals surface area contributed by atoms with Crippen molar-refractivity contribution in [2.24, 2.45) is 0 Å². The Morgan fingerprint density at radius 1 is 1.20 bits per heavy atom. The summed E-state index contributed by atoms with van der Waals surface area (Å²) in [6, 6.07) is 1.55. The second kappa shape index (κ2) is 4.05. The van der Waals surface area contributed by atoms with Crippen LogP contribution < -0.4 is 0 Å². The van der Waals surface area contributed by atoms with Crippen LogP contribution in [0.1, 0.15) is 11.7 Å². The first-order valence-corrected chi connectivity index (χ1v) is 4.42. The van der Waals surface area contributed by atoms with Crippen molar-refractivity contribution in [1.82, 2.24) is 0 Å². The monoisotopic (exact) mass is 290 g/mol. The van der Waals surface area contributed by atoms with E-state index >= 15 is 0 Å². The predicted molar refractivity (Wildman–Crippen MR) is 45.1 cm³/mol. The molecule has 84 valence electrons. The summed E-state index contributed by atoms with van der Waals surface area (Å²) < 4.78 is 61.7. The average molecular weight is 291 g/mol. The summed E-state index contributed by atoms with van der Waals surface area (Å²) in [5.74, 6) is -2.90. The summed E-state index contributed by atoms with van der Waals surface area (Å²) >= 11 is 2.60. The second-order valence-electron chi connectivity index (χ2n) is 2.70. The maximum Gasteiger partial charge on any atom is 0.418 e. The molecule has 0 unspecified atom stereocenters. The van der Waals surface area contributed by atoms with Crippen molar-refractivity contribution in [2.75, 3.05) is 0 Å². The van der Waals surface area contributed by atoms with Crippen molar-refractivity contribution < 1.29 is 27.1 Å². The fraction of sp³-hybridized carbons (Fsp3) is 0.250. The van der Waals surface area contributed by atoms with E-state index in [9.17, 15) is 22.0 Å². The van der Waals surface area contributed by atoms with Gasteiger partial charge in [-0.2, -0.15) is 13.2 Å². The minimum absolute atomic E-state index is 0.345. The standard InChI is InChI=1S/C8H4BrF5O/c9-3-1-2-4(10)5(6(3)11)7(15)8(12,13)14/h1-2,7,15H/t7-/m0/s1. The molecule has 0 aromatic heterocycles. The molecule has 0 amide bonds. The third-order valence-electron chi connectivity index (χ3n) is 1.66. The molecule has 7 heteroatoms. The number of hydrogen-bond acceptors (Lipinski definition) is 1. The molecule has 1 atom stereocenters. The van der Waals surface area contributed by atoms with Crippen LogP contribution in [0.2, 0.25) is 0 Å². The number of rotatable bonds is 1. The molecule has 0 saturated heterocycles. The maximum absolute atomic E-state index is 13.1.